The molecule has 4 aliphatic carbocycles. The fourth-order valence-corrected chi connectivity index (χ4v) is 7.52. The Morgan fingerprint density at radius 1 is 1.07 bits per heavy atom. The second-order valence-corrected chi connectivity index (χ2v) is 10.8. The zero-order valence-electron chi connectivity index (χ0n) is 17.9. The summed E-state index contributed by atoms with van der Waals surface area (Å²) in [5, 5.41) is 14.8. The predicted octanol–water partition coefficient (Wildman–Crippen LogP) is 4.32. The molecule has 7 atom stereocenters. The van der Waals surface area contributed by atoms with Crippen molar-refractivity contribution >= 4 is 5.71 Å². The smallest absolute Gasteiger partial charge is 0.129 e. The van der Waals surface area contributed by atoms with Gasteiger partial charge in [0.05, 0.1) is 11.8 Å². The number of oxime groups is 1. The molecule has 0 radical (unpaired) electrons. The largest absolute Gasteiger partial charge is 0.394 e. The van der Waals surface area contributed by atoms with Crippen LogP contribution in [0.25, 0.3) is 0 Å². The Kier molecular flexibility index (Phi) is 5.35. The highest BCUT2D eigenvalue weighted by Gasteiger charge is 2.59. The van der Waals surface area contributed by atoms with Gasteiger partial charge < -0.3 is 14.8 Å². The van der Waals surface area contributed by atoms with Crippen molar-refractivity contribution in [3.63, 3.8) is 0 Å². The van der Waals surface area contributed by atoms with E-state index in [-0.39, 0.29) is 11.5 Å². The van der Waals surface area contributed by atoms with Crippen molar-refractivity contribution in [1.29, 1.82) is 0 Å². The summed E-state index contributed by atoms with van der Waals surface area (Å²) in [6, 6.07) is 0. The molecule has 4 saturated carbocycles. The number of aliphatic hydroxyl groups is 1. The van der Waals surface area contributed by atoms with Crippen LogP contribution in [0.2, 0.25) is 0 Å². The van der Waals surface area contributed by atoms with Gasteiger partial charge in [0.1, 0.15) is 6.61 Å². The van der Waals surface area contributed by atoms with Crippen LogP contribution in [-0.2, 0) is 4.84 Å². The van der Waals surface area contributed by atoms with E-state index in [1.807, 2.05) is 0 Å². The molecular formula is C23H40N2O2. The molecule has 27 heavy (non-hydrogen) atoms. The molecule has 0 aromatic rings. The molecule has 0 amide bonds. The Bertz CT molecular complexity index is 577. The van der Waals surface area contributed by atoms with Crippen LogP contribution >= 0.6 is 0 Å². The third-order valence-electron chi connectivity index (χ3n) is 9.18. The number of aliphatic hydroxyl groups excluding tert-OH is 1. The van der Waals surface area contributed by atoms with Crippen LogP contribution < -0.4 is 0 Å². The molecule has 154 valence electrons. The molecular weight excluding hydrogens is 336 g/mol. The van der Waals surface area contributed by atoms with Gasteiger partial charge in [-0.3, -0.25) is 0 Å². The first kappa shape index (κ1) is 19.7. The van der Waals surface area contributed by atoms with Gasteiger partial charge in [-0.2, -0.15) is 0 Å². The van der Waals surface area contributed by atoms with Gasteiger partial charge in [-0.25, -0.2) is 0 Å². The summed E-state index contributed by atoms with van der Waals surface area (Å²) in [7, 11) is 4.15. The fraction of sp³-hybridized carbons (Fsp3) is 0.957. The van der Waals surface area contributed by atoms with Gasteiger partial charge in [-0.1, -0.05) is 19.0 Å². The summed E-state index contributed by atoms with van der Waals surface area (Å²) in [4.78, 5) is 7.86. The summed E-state index contributed by atoms with van der Waals surface area (Å²) in [5.74, 6) is 3.25. The van der Waals surface area contributed by atoms with E-state index in [0.29, 0.717) is 12.0 Å². The molecule has 0 heterocycles. The Morgan fingerprint density at radius 2 is 1.89 bits per heavy atom. The maximum atomic E-state index is 10.2. The van der Waals surface area contributed by atoms with Crippen molar-refractivity contribution in [1.82, 2.24) is 4.90 Å². The third kappa shape index (κ3) is 3.35. The van der Waals surface area contributed by atoms with Crippen molar-refractivity contribution in [3.8, 4) is 0 Å². The maximum absolute atomic E-state index is 10.2. The highest BCUT2D eigenvalue weighted by atomic mass is 16.6. The van der Waals surface area contributed by atoms with Gasteiger partial charge in [0.25, 0.3) is 0 Å². The number of likely N-dealkylation sites (N-methyl/N-ethyl adjacent to an activating group) is 1. The van der Waals surface area contributed by atoms with E-state index >= 15 is 0 Å². The van der Waals surface area contributed by atoms with Crippen LogP contribution in [-0.4, -0.2) is 49.1 Å². The molecule has 1 N–H and O–H groups in total. The number of hydrogen-bond acceptors (Lipinski definition) is 4. The van der Waals surface area contributed by atoms with E-state index in [0.717, 1.165) is 49.5 Å². The van der Waals surface area contributed by atoms with Crippen LogP contribution in [0.1, 0.15) is 71.6 Å². The van der Waals surface area contributed by atoms with E-state index in [9.17, 15) is 5.11 Å². The topological polar surface area (TPSA) is 45.1 Å². The molecule has 4 rings (SSSR count). The third-order valence-corrected chi connectivity index (χ3v) is 9.18. The number of fused-ring (bicyclic) bond motifs is 5. The molecule has 0 spiro atoms. The molecule has 0 unspecified atom stereocenters. The molecule has 4 nitrogen and oxygen atoms in total. The van der Waals surface area contributed by atoms with Crippen molar-refractivity contribution in [2.45, 2.75) is 77.7 Å². The van der Waals surface area contributed by atoms with E-state index in [1.54, 1.807) is 0 Å². The lowest BCUT2D eigenvalue weighted by Gasteiger charge is -2.60. The van der Waals surface area contributed by atoms with Crippen LogP contribution in [0.15, 0.2) is 5.16 Å². The lowest BCUT2D eigenvalue weighted by Crippen LogP contribution is -2.54. The van der Waals surface area contributed by atoms with Gasteiger partial charge in [0.2, 0.25) is 0 Å². The minimum atomic E-state index is -0.0435. The van der Waals surface area contributed by atoms with E-state index in [4.69, 9.17) is 4.84 Å². The normalized spacial score (nSPS) is 48.2. The van der Waals surface area contributed by atoms with Gasteiger partial charge in [-0.05, 0) is 101 Å². The van der Waals surface area contributed by atoms with Crippen LogP contribution in [0, 0.1) is 34.5 Å². The minimum absolute atomic E-state index is 0.0435. The molecule has 0 aromatic heterocycles. The van der Waals surface area contributed by atoms with Gasteiger partial charge in [0.15, 0.2) is 0 Å². The minimum Gasteiger partial charge on any atom is -0.394 e. The lowest BCUT2D eigenvalue weighted by molar-refractivity contribution is -0.114. The highest BCUT2D eigenvalue weighted by Crippen LogP contribution is 2.65. The number of rotatable bonds is 4. The zero-order valence-corrected chi connectivity index (χ0v) is 17.9. The van der Waals surface area contributed by atoms with E-state index in [1.165, 1.54) is 44.2 Å². The van der Waals surface area contributed by atoms with Crippen molar-refractivity contribution in [3.05, 3.63) is 0 Å². The van der Waals surface area contributed by atoms with Gasteiger partial charge in [0, 0.05) is 12.0 Å². The second-order valence-electron chi connectivity index (χ2n) is 10.8. The summed E-state index contributed by atoms with van der Waals surface area (Å²) in [5.41, 5.74) is 2.07. The molecule has 0 aliphatic heterocycles. The van der Waals surface area contributed by atoms with Crippen LogP contribution in [0.4, 0.5) is 0 Å². The predicted molar refractivity (Wildman–Crippen MR) is 110 cm³/mol. The Hall–Kier alpha value is -0.610. The highest BCUT2D eigenvalue weighted by molar-refractivity contribution is 5.92. The van der Waals surface area contributed by atoms with E-state index < -0.39 is 0 Å². The molecule has 4 fully saturated rings. The monoisotopic (exact) mass is 376 g/mol. The Balaban J connectivity index is 1.48. The second kappa shape index (κ2) is 7.33. The average Bonchev–Trinajstić information content (AvgIpc) is 2.96. The molecule has 4 heteroatoms. The molecule has 4 aliphatic rings. The van der Waals surface area contributed by atoms with Crippen molar-refractivity contribution in [2.75, 3.05) is 27.2 Å². The first-order valence-electron chi connectivity index (χ1n) is 11.4. The van der Waals surface area contributed by atoms with Crippen molar-refractivity contribution < 1.29 is 9.94 Å². The summed E-state index contributed by atoms with van der Waals surface area (Å²) in [6.45, 7) is 6.66. The standard InChI is InChI=1S/C23H40N2O2/c1-22-11-9-17(26)15-16(22)5-6-18-19-7-8-21(24-27-14-13-25(3)4)23(19,2)12-10-20(18)22/h16-20,26H,5-15H2,1-4H3/b24-21-/t16-,17-,18-,19-,20-,22-,23-/m0/s1. The molecule has 0 saturated heterocycles. The zero-order chi connectivity index (χ0) is 19.2. The SMILES string of the molecule is CN(C)CCO/N=C1/CC[C@H]2[C@@H]3CC[C@H]4C[C@@H](O)CC[C@]4(C)[C@H]3CC[C@]12C. The molecule has 0 aromatic carbocycles. The quantitative estimate of drug-likeness (QED) is 0.587. The number of nitrogens with zero attached hydrogens (tertiary/aromatic N) is 2. The average molecular weight is 377 g/mol. The fourth-order valence-electron chi connectivity index (χ4n) is 7.52. The maximum Gasteiger partial charge on any atom is 0.129 e. The molecule has 0 bridgehead atoms. The van der Waals surface area contributed by atoms with E-state index in [2.05, 4.69) is 38.0 Å². The van der Waals surface area contributed by atoms with Crippen LogP contribution in [0.5, 0.6) is 0 Å². The Labute approximate surface area is 165 Å². The Morgan fingerprint density at radius 3 is 2.67 bits per heavy atom. The first-order chi connectivity index (χ1) is 12.8. The summed E-state index contributed by atoms with van der Waals surface area (Å²) < 4.78 is 0. The summed E-state index contributed by atoms with van der Waals surface area (Å²) in [6.07, 6.45) is 11.0. The summed E-state index contributed by atoms with van der Waals surface area (Å²) >= 11 is 0. The van der Waals surface area contributed by atoms with Gasteiger partial charge >= 0.3 is 0 Å². The van der Waals surface area contributed by atoms with Crippen LogP contribution in [0.3, 0.4) is 0 Å². The lowest BCUT2D eigenvalue weighted by atomic mass is 9.45. The number of hydrogen-bond donors (Lipinski definition) is 1. The van der Waals surface area contributed by atoms with Gasteiger partial charge in [-0.15, -0.1) is 0 Å². The van der Waals surface area contributed by atoms with Crippen molar-refractivity contribution in [2.24, 2.45) is 39.7 Å². The first-order valence-corrected chi connectivity index (χ1v) is 11.4.